The van der Waals surface area contributed by atoms with Gasteiger partial charge in [0.15, 0.2) is 23.0 Å². The monoisotopic (exact) mass is 471 g/mol. The van der Waals surface area contributed by atoms with Gasteiger partial charge in [-0.15, -0.1) is 10.2 Å². The van der Waals surface area contributed by atoms with Crippen LogP contribution in [0.3, 0.4) is 0 Å². The lowest BCUT2D eigenvalue weighted by Gasteiger charge is -2.21. The van der Waals surface area contributed by atoms with Gasteiger partial charge in [-0.3, -0.25) is 0 Å². The van der Waals surface area contributed by atoms with Gasteiger partial charge in [-0.1, -0.05) is 12.1 Å². The van der Waals surface area contributed by atoms with Gasteiger partial charge >= 0.3 is 0 Å². The molecule has 0 radical (unpaired) electrons. The second-order valence-corrected chi connectivity index (χ2v) is 8.28. The minimum Gasteiger partial charge on any atom is -0.493 e. The first-order valence-corrected chi connectivity index (χ1v) is 11.2. The topological polar surface area (TPSA) is 67.6 Å². The predicted octanol–water partition coefficient (Wildman–Crippen LogP) is 5.18. The number of hydrogen-bond donors (Lipinski definition) is 0. The zero-order valence-corrected chi connectivity index (χ0v) is 19.2. The van der Waals surface area contributed by atoms with E-state index in [2.05, 4.69) is 14.8 Å². The highest BCUT2D eigenvalue weighted by molar-refractivity contribution is 5.99. The highest BCUT2D eigenvalue weighted by Gasteiger charge is 2.24. The van der Waals surface area contributed by atoms with Crippen LogP contribution in [-0.4, -0.2) is 42.2 Å². The van der Waals surface area contributed by atoms with Crippen LogP contribution in [0.1, 0.15) is 5.56 Å². The minimum atomic E-state index is -0.273. The van der Waals surface area contributed by atoms with E-state index in [0.717, 1.165) is 33.3 Å². The van der Waals surface area contributed by atoms with Gasteiger partial charge in [0.2, 0.25) is 0 Å². The molecule has 3 heterocycles. The SMILES string of the molecule is COc1ccc(-c2nnc3c4cc5c(cc4n(Cc4cccc(F)c4)cc2-3)OCCO5)cc1OC. The zero-order valence-electron chi connectivity index (χ0n) is 19.2. The van der Waals surface area contributed by atoms with E-state index in [4.69, 9.17) is 18.9 Å². The lowest BCUT2D eigenvalue weighted by atomic mass is 10.0. The Hall–Kier alpha value is -4.33. The Morgan fingerprint density at radius 3 is 2.43 bits per heavy atom. The van der Waals surface area contributed by atoms with Crippen molar-refractivity contribution in [2.45, 2.75) is 6.54 Å². The summed E-state index contributed by atoms with van der Waals surface area (Å²) in [6.07, 6.45) is 2.00. The van der Waals surface area contributed by atoms with Crippen LogP contribution in [0.2, 0.25) is 0 Å². The highest BCUT2D eigenvalue weighted by atomic mass is 19.1. The quantitative estimate of drug-likeness (QED) is 0.352. The molecule has 0 atom stereocenters. The van der Waals surface area contributed by atoms with Crippen molar-refractivity contribution in [2.75, 3.05) is 27.4 Å². The Bertz CT molecular complexity index is 1530. The number of aromatic nitrogens is 3. The molecule has 8 heteroatoms. The van der Waals surface area contributed by atoms with E-state index < -0.39 is 0 Å². The zero-order chi connectivity index (χ0) is 23.9. The van der Waals surface area contributed by atoms with Crippen molar-refractivity contribution in [3.63, 3.8) is 0 Å². The van der Waals surface area contributed by atoms with Gasteiger partial charge in [0.25, 0.3) is 0 Å². The van der Waals surface area contributed by atoms with Crippen LogP contribution >= 0.6 is 0 Å². The number of hydrogen-bond acceptors (Lipinski definition) is 6. The van der Waals surface area contributed by atoms with Crippen molar-refractivity contribution < 1.29 is 23.3 Å². The summed E-state index contributed by atoms with van der Waals surface area (Å²) < 4.78 is 38.5. The Labute approximate surface area is 201 Å². The molecule has 7 nitrogen and oxygen atoms in total. The summed E-state index contributed by atoms with van der Waals surface area (Å²) >= 11 is 0. The van der Waals surface area contributed by atoms with Gasteiger partial charge in [-0.25, -0.2) is 4.39 Å². The third kappa shape index (κ3) is 3.67. The number of benzene rings is 3. The molecule has 0 aliphatic carbocycles. The first-order valence-electron chi connectivity index (χ1n) is 11.2. The number of rotatable bonds is 5. The minimum absolute atomic E-state index is 0.273. The summed E-state index contributed by atoms with van der Waals surface area (Å²) in [6, 6.07) is 16.1. The number of pyridine rings is 1. The number of nitrogens with zero attached hydrogens (tertiary/aromatic N) is 3. The Balaban J connectivity index is 1.57. The molecule has 6 rings (SSSR count). The Morgan fingerprint density at radius 2 is 1.66 bits per heavy atom. The van der Waals surface area contributed by atoms with E-state index in [-0.39, 0.29) is 5.82 Å². The molecule has 3 aliphatic heterocycles. The molecule has 0 fully saturated rings. The molecular formula is C27H22FN3O4. The average Bonchev–Trinajstić information content (AvgIpc) is 3.31. The maximum absolute atomic E-state index is 13.9. The largest absolute Gasteiger partial charge is 0.493 e. The molecule has 0 aromatic heterocycles. The molecule has 0 bridgehead atoms. The Morgan fingerprint density at radius 1 is 0.886 bits per heavy atom. The van der Waals surface area contributed by atoms with Crippen molar-refractivity contribution in [1.29, 1.82) is 0 Å². The number of methoxy groups -OCH3 is 2. The fourth-order valence-electron chi connectivity index (χ4n) is 4.53. The fourth-order valence-corrected chi connectivity index (χ4v) is 4.53. The van der Waals surface area contributed by atoms with Crippen LogP contribution in [-0.2, 0) is 6.54 Å². The van der Waals surface area contributed by atoms with Crippen LogP contribution in [0.5, 0.6) is 23.0 Å². The predicted molar refractivity (Wildman–Crippen MR) is 129 cm³/mol. The van der Waals surface area contributed by atoms with E-state index in [1.807, 2.05) is 42.6 Å². The molecule has 0 spiro atoms. The third-order valence-corrected chi connectivity index (χ3v) is 6.17. The lowest BCUT2D eigenvalue weighted by molar-refractivity contribution is 0.172. The van der Waals surface area contributed by atoms with Crippen molar-refractivity contribution in [1.82, 2.24) is 14.8 Å². The van der Waals surface area contributed by atoms with Crippen LogP contribution < -0.4 is 18.9 Å². The number of ether oxygens (including phenoxy) is 4. The summed E-state index contributed by atoms with van der Waals surface area (Å²) in [5.74, 6) is 2.31. The number of fused-ring (bicyclic) bond motifs is 4. The summed E-state index contributed by atoms with van der Waals surface area (Å²) in [6.45, 7) is 1.44. The van der Waals surface area contributed by atoms with E-state index >= 15 is 0 Å². The molecule has 35 heavy (non-hydrogen) atoms. The summed E-state index contributed by atoms with van der Waals surface area (Å²) in [7, 11) is 3.20. The molecule has 176 valence electrons. The van der Waals surface area contributed by atoms with E-state index in [0.29, 0.717) is 48.5 Å². The van der Waals surface area contributed by atoms with Crippen molar-refractivity contribution in [3.05, 3.63) is 72.2 Å². The molecule has 0 amide bonds. The Kier molecular flexibility index (Phi) is 5.13. The van der Waals surface area contributed by atoms with Crippen LogP contribution in [0.25, 0.3) is 33.4 Å². The first-order chi connectivity index (χ1) is 17.1. The van der Waals surface area contributed by atoms with Crippen LogP contribution in [0.4, 0.5) is 4.39 Å². The van der Waals surface area contributed by atoms with E-state index in [1.165, 1.54) is 12.1 Å². The van der Waals surface area contributed by atoms with E-state index in [1.54, 1.807) is 20.3 Å². The van der Waals surface area contributed by atoms with Gasteiger partial charge in [0, 0.05) is 35.3 Å². The van der Waals surface area contributed by atoms with Gasteiger partial charge in [-0.2, -0.15) is 0 Å². The van der Waals surface area contributed by atoms with Gasteiger partial charge in [-0.05, 0) is 42.0 Å². The smallest absolute Gasteiger partial charge is 0.163 e. The second-order valence-electron chi connectivity index (χ2n) is 8.28. The van der Waals surface area contributed by atoms with Gasteiger partial charge in [0.05, 0.1) is 19.7 Å². The normalized spacial score (nSPS) is 12.8. The number of halogens is 1. The average molecular weight is 471 g/mol. The van der Waals surface area contributed by atoms with Gasteiger partial charge < -0.3 is 23.5 Å². The lowest BCUT2D eigenvalue weighted by Crippen LogP contribution is -2.15. The fraction of sp³-hybridized carbons (Fsp3) is 0.185. The molecule has 0 N–H and O–H groups in total. The molecule has 0 saturated heterocycles. The highest BCUT2D eigenvalue weighted by Crippen LogP contribution is 2.43. The molecule has 0 unspecified atom stereocenters. The third-order valence-electron chi connectivity index (χ3n) is 6.17. The second kappa shape index (κ2) is 8.47. The maximum atomic E-state index is 13.9. The maximum Gasteiger partial charge on any atom is 0.163 e. The molecule has 0 saturated carbocycles. The molecular weight excluding hydrogens is 449 g/mol. The standard InChI is InChI=1S/C27H22FN3O4/c1-32-22-7-6-17(11-23(22)33-2)26-20-15-31(14-16-4-3-5-18(28)10-16)21-13-25-24(34-8-9-35-25)12-19(21)27(20)30-29-26/h3-7,10-13,15H,8-9,14H2,1-2H3. The van der Waals surface area contributed by atoms with E-state index in [9.17, 15) is 4.39 Å². The van der Waals surface area contributed by atoms with Crippen molar-refractivity contribution in [2.24, 2.45) is 0 Å². The van der Waals surface area contributed by atoms with Gasteiger partial charge in [0.1, 0.15) is 30.4 Å². The van der Waals surface area contributed by atoms with Crippen LogP contribution in [0, 0.1) is 5.82 Å². The summed E-state index contributed by atoms with van der Waals surface area (Å²) in [5.41, 5.74) is 4.90. The summed E-state index contributed by atoms with van der Waals surface area (Å²) in [4.78, 5) is 0. The molecule has 3 aromatic carbocycles. The summed E-state index contributed by atoms with van der Waals surface area (Å²) in [5, 5.41) is 9.95. The van der Waals surface area contributed by atoms with Crippen LogP contribution in [0.15, 0.2) is 60.8 Å². The van der Waals surface area contributed by atoms with Crippen molar-refractivity contribution in [3.8, 4) is 45.5 Å². The molecule has 3 aromatic rings. The first kappa shape index (κ1) is 21.2. The molecule has 3 aliphatic rings. The van der Waals surface area contributed by atoms with Crippen molar-refractivity contribution >= 4 is 10.9 Å².